The fourth-order valence-electron chi connectivity index (χ4n) is 1.78. The van der Waals surface area contributed by atoms with Crippen LogP contribution in [0.4, 0.5) is 0 Å². The molecule has 0 aliphatic rings. The molecule has 0 spiro atoms. The maximum atomic E-state index is 12.1. The highest BCUT2D eigenvalue weighted by Crippen LogP contribution is 2.20. The quantitative estimate of drug-likeness (QED) is 0.455. The van der Waals surface area contributed by atoms with E-state index in [1.165, 1.54) is 12.1 Å². The summed E-state index contributed by atoms with van der Waals surface area (Å²) in [5.41, 5.74) is 0.588. The summed E-state index contributed by atoms with van der Waals surface area (Å²) in [6.07, 6.45) is 0.434. The lowest BCUT2D eigenvalue weighted by molar-refractivity contribution is -0.137. The molecule has 0 saturated heterocycles. The third kappa shape index (κ3) is 3.66. The van der Waals surface area contributed by atoms with E-state index in [1.54, 1.807) is 26.8 Å². The monoisotopic (exact) mass is 298 g/mol. The lowest BCUT2D eigenvalue weighted by atomic mass is 10.1. The van der Waals surface area contributed by atoms with Gasteiger partial charge in [-0.15, -0.1) is 0 Å². The van der Waals surface area contributed by atoms with E-state index in [9.17, 15) is 18.0 Å². The Morgan fingerprint density at radius 3 is 2.40 bits per heavy atom. The second kappa shape index (κ2) is 6.65. The Balaban J connectivity index is 3.35. The molecule has 0 bridgehead atoms. The molecular formula is C14H18O5S. The number of carbonyl (C=O) groups excluding carboxylic acids is 2. The SMILES string of the molecule is CCCS(=O)(=O)c1ccc(C)cc1C(=O)C(=O)OCC. The second-order valence-electron chi connectivity index (χ2n) is 4.37. The summed E-state index contributed by atoms with van der Waals surface area (Å²) in [7, 11) is -3.58. The predicted octanol–water partition coefficient (Wildman–Crippen LogP) is 1.92. The van der Waals surface area contributed by atoms with E-state index in [0.29, 0.717) is 12.0 Å². The summed E-state index contributed by atoms with van der Waals surface area (Å²) in [5.74, 6) is -2.03. The van der Waals surface area contributed by atoms with Crippen molar-refractivity contribution in [1.82, 2.24) is 0 Å². The van der Waals surface area contributed by atoms with Crippen molar-refractivity contribution >= 4 is 21.6 Å². The van der Waals surface area contributed by atoms with Crippen molar-refractivity contribution in [2.24, 2.45) is 0 Å². The first-order valence-corrected chi connectivity index (χ1v) is 8.03. The van der Waals surface area contributed by atoms with E-state index < -0.39 is 21.6 Å². The van der Waals surface area contributed by atoms with Crippen LogP contribution in [-0.2, 0) is 19.4 Å². The number of aryl methyl sites for hydroxylation is 1. The Bertz CT molecular complexity index is 616. The maximum absolute atomic E-state index is 12.1. The van der Waals surface area contributed by atoms with Gasteiger partial charge in [0.1, 0.15) is 0 Å². The van der Waals surface area contributed by atoms with Gasteiger partial charge in [-0.2, -0.15) is 0 Å². The van der Waals surface area contributed by atoms with Crippen molar-refractivity contribution < 1.29 is 22.7 Å². The summed E-state index contributed by atoms with van der Waals surface area (Å²) in [4.78, 5) is 23.4. The molecule has 0 radical (unpaired) electrons. The summed E-state index contributed by atoms with van der Waals surface area (Å²) < 4.78 is 28.9. The molecule has 0 atom stereocenters. The van der Waals surface area contributed by atoms with Crippen molar-refractivity contribution in [3.8, 4) is 0 Å². The van der Waals surface area contributed by atoms with Crippen LogP contribution in [0.15, 0.2) is 23.1 Å². The van der Waals surface area contributed by atoms with E-state index >= 15 is 0 Å². The van der Waals surface area contributed by atoms with E-state index in [0.717, 1.165) is 0 Å². The number of Topliss-reactive ketones (excluding diaryl/α,β-unsaturated/α-hetero) is 1. The summed E-state index contributed by atoms with van der Waals surface area (Å²) in [6, 6.07) is 4.37. The Kier molecular flexibility index (Phi) is 5.44. The molecule has 1 rings (SSSR count). The molecule has 20 heavy (non-hydrogen) atoms. The summed E-state index contributed by atoms with van der Waals surface area (Å²) in [6.45, 7) is 5.10. The maximum Gasteiger partial charge on any atom is 0.379 e. The number of hydrogen-bond donors (Lipinski definition) is 0. The number of esters is 1. The fourth-order valence-corrected chi connectivity index (χ4v) is 3.30. The summed E-state index contributed by atoms with van der Waals surface area (Å²) >= 11 is 0. The largest absolute Gasteiger partial charge is 0.460 e. The highest BCUT2D eigenvalue weighted by molar-refractivity contribution is 7.91. The third-order valence-electron chi connectivity index (χ3n) is 2.65. The zero-order valence-electron chi connectivity index (χ0n) is 11.8. The van der Waals surface area contributed by atoms with Crippen LogP contribution in [0.3, 0.4) is 0 Å². The zero-order chi connectivity index (χ0) is 15.3. The molecule has 110 valence electrons. The second-order valence-corrected chi connectivity index (χ2v) is 6.45. The number of rotatable bonds is 6. The van der Waals surface area contributed by atoms with Crippen LogP contribution in [0.5, 0.6) is 0 Å². The van der Waals surface area contributed by atoms with Gasteiger partial charge in [-0.1, -0.05) is 18.6 Å². The van der Waals surface area contributed by atoms with Crippen LogP contribution in [0, 0.1) is 6.92 Å². The van der Waals surface area contributed by atoms with Gasteiger partial charge in [0.2, 0.25) is 0 Å². The van der Waals surface area contributed by atoms with Crippen LogP contribution in [0.2, 0.25) is 0 Å². The molecule has 6 heteroatoms. The molecule has 1 aromatic carbocycles. The average Bonchev–Trinajstić information content (AvgIpc) is 2.37. The molecule has 0 aromatic heterocycles. The molecule has 5 nitrogen and oxygen atoms in total. The van der Waals surface area contributed by atoms with Gasteiger partial charge in [0.15, 0.2) is 9.84 Å². The smallest absolute Gasteiger partial charge is 0.379 e. The van der Waals surface area contributed by atoms with Gasteiger partial charge >= 0.3 is 5.97 Å². The number of carbonyl (C=O) groups is 2. The third-order valence-corrected chi connectivity index (χ3v) is 4.62. The van der Waals surface area contributed by atoms with Gasteiger partial charge < -0.3 is 4.74 Å². The first-order chi connectivity index (χ1) is 9.33. The standard InChI is InChI=1S/C14H18O5S/c1-4-8-20(17,18)12-7-6-10(3)9-11(12)13(15)14(16)19-5-2/h6-7,9H,4-5,8H2,1-3H3. The Labute approximate surface area is 118 Å². The first-order valence-electron chi connectivity index (χ1n) is 6.38. The number of ether oxygens (including phenoxy) is 1. The van der Waals surface area contributed by atoms with Gasteiger partial charge in [-0.05, 0) is 32.4 Å². The lowest BCUT2D eigenvalue weighted by Gasteiger charge is -2.09. The number of ketones is 1. The number of benzene rings is 1. The molecule has 1 aromatic rings. The van der Waals surface area contributed by atoms with Crippen LogP contribution in [0.25, 0.3) is 0 Å². The number of hydrogen-bond acceptors (Lipinski definition) is 5. The Hall–Kier alpha value is -1.69. The van der Waals surface area contributed by atoms with Gasteiger partial charge in [-0.25, -0.2) is 13.2 Å². The molecule has 0 aliphatic carbocycles. The highest BCUT2D eigenvalue weighted by Gasteiger charge is 2.26. The van der Waals surface area contributed by atoms with Gasteiger partial charge in [-0.3, -0.25) is 4.79 Å². The van der Waals surface area contributed by atoms with E-state index in [-0.39, 0.29) is 22.8 Å². The van der Waals surface area contributed by atoms with Crippen molar-refractivity contribution in [3.63, 3.8) is 0 Å². The minimum Gasteiger partial charge on any atom is -0.460 e. The van der Waals surface area contributed by atoms with E-state index in [2.05, 4.69) is 4.74 Å². The fraction of sp³-hybridized carbons (Fsp3) is 0.429. The number of sulfone groups is 1. The minimum atomic E-state index is -3.58. The molecule has 0 N–H and O–H groups in total. The van der Waals surface area contributed by atoms with Crippen LogP contribution in [-0.4, -0.2) is 32.5 Å². The zero-order valence-corrected chi connectivity index (χ0v) is 12.6. The van der Waals surface area contributed by atoms with Crippen molar-refractivity contribution in [1.29, 1.82) is 0 Å². The van der Waals surface area contributed by atoms with E-state index in [1.807, 2.05) is 0 Å². The first kappa shape index (κ1) is 16.4. The lowest BCUT2D eigenvalue weighted by Crippen LogP contribution is -2.21. The predicted molar refractivity (Wildman–Crippen MR) is 74.5 cm³/mol. The Morgan fingerprint density at radius 1 is 1.20 bits per heavy atom. The van der Waals surface area contributed by atoms with Crippen molar-refractivity contribution in [2.45, 2.75) is 32.1 Å². The van der Waals surface area contributed by atoms with Gasteiger partial charge in [0.05, 0.1) is 17.3 Å². The molecule has 0 saturated carbocycles. The topological polar surface area (TPSA) is 77.5 Å². The van der Waals surface area contributed by atoms with Crippen molar-refractivity contribution in [2.75, 3.05) is 12.4 Å². The van der Waals surface area contributed by atoms with Gasteiger partial charge in [0.25, 0.3) is 5.78 Å². The molecular weight excluding hydrogens is 280 g/mol. The summed E-state index contributed by atoms with van der Waals surface area (Å²) in [5, 5.41) is 0. The van der Waals surface area contributed by atoms with E-state index in [4.69, 9.17) is 0 Å². The van der Waals surface area contributed by atoms with Crippen LogP contribution < -0.4 is 0 Å². The highest BCUT2D eigenvalue weighted by atomic mass is 32.2. The molecule has 0 fully saturated rings. The Morgan fingerprint density at radius 2 is 1.85 bits per heavy atom. The molecule has 0 unspecified atom stereocenters. The van der Waals surface area contributed by atoms with Gasteiger partial charge in [0, 0.05) is 5.56 Å². The van der Waals surface area contributed by atoms with Crippen LogP contribution >= 0.6 is 0 Å². The van der Waals surface area contributed by atoms with Crippen LogP contribution in [0.1, 0.15) is 36.2 Å². The van der Waals surface area contributed by atoms with Crippen molar-refractivity contribution in [3.05, 3.63) is 29.3 Å². The molecule has 0 aliphatic heterocycles. The minimum absolute atomic E-state index is 0.0629. The average molecular weight is 298 g/mol. The molecule has 0 heterocycles. The normalized spacial score (nSPS) is 11.2. The molecule has 0 amide bonds.